The molecule has 0 saturated carbocycles. The number of nitrogens with one attached hydrogen (secondary N) is 2. The van der Waals surface area contributed by atoms with Crippen LogP contribution < -0.4 is 16.4 Å². The summed E-state index contributed by atoms with van der Waals surface area (Å²) in [6, 6.07) is -1.04. The normalized spacial score (nSPS) is 32.7. The van der Waals surface area contributed by atoms with Gasteiger partial charge in [0.1, 0.15) is 18.6 Å². The average Bonchev–Trinajstić information content (AvgIpc) is 3.80. The Balaban J connectivity index is 1.05. The smallest absolute Gasteiger partial charge is 0.353 e. The summed E-state index contributed by atoms with van der Waals surface area (Å²) in [6.07, 6.45) is 3.16. The zero-order valence-corrected chi connectivity index (χ0v) is 26.3. The Morgan fingerprint density at radius 2 is 2.07 bits per heavy atom. The summed E-state index contributed by atoms with van der Waals surface area (Å²) in [5.41, 5.74) is 5.60. The van der Waals surface area contributed by atoms with Gasteiger partial charge >= 0.3 is 5.97 Å². The van der Waals surface area contributed by atoms with Gasteiger partial charge in [0.2, 0.25) is 17.7 Å². The lowest BCUT2D eigenvalue weighted by Crippen LogP contribution is -2.66. The van der Waals surface area contributed by atoms with E-state index in [0.717, 1.165) is 25.9 Å². The van der Waals surface area contributed by atoms with Crippen LogP contribution in [0, 0.1) is 17.8 Å². The number of β-amino-alcohol motifs (C(OH)–C–C–N with tert-alkyl or cyclic N) is 1. The van der Waals surface area contributed by atoms with Crippen LogP contribution >= 0.6 is 11.8 Å². The van der Waals surface area contributed by atoms with Crippen molar-refractivity contribution >= 4 is 35.5 Å². The summed E-state index contributed by atoms with van der Waals surface area (Å²) in [5.74, 6) is -2.14. The molecular weight excluding hydrogens is 604 g/mol. The molecule has 5 aliphatic rings. The fourth-order valence-corrected chi connectivity index (χ4v) is 9.40. The zero-order chi connectivity index (χ0) is 32.0. The lowest BCUT2D eigenvalue weighted by Gasteiger charge is -2.47. The Bertz CT molecular complexity index is 1340. The fraction of sp³-hybridized carbons (Fsp3) is 0.750. The van der Waals surface area contributed by atoms with Gasteiger partial charge in [-0.15, -0.1) is 16.9 Å². The molecule has 246 valence electrons. The highest BCUT2D eigenvalue weighted by atomic mass is 32.2. The molecule has 0 radical (unpaired) electrons. The molecule has 6 heterocycles. The highest BCUT2D eigenvalue weighted by Crippen LogP contribution is 2.52. The van der Waals surface area contributed by atoms with E-state index in [1.165, 1.54) is 27.7 Å². The Morgan fingerprint density at radius 1 is 1.27 bits per heavy atom. The first-order valence-electron chi connectivity index (χ1n) is 15.7. The number of nitrogens with two attached hydrogens (primary N) is 1. The zero-order valence-electron chi connectivity index (χ0n) is 25.5. The van der Waals surface area contributed by atoms with Gasteiger partial charge in [-0.3, -0.25) is 14.4 Å². The molecule has 6 rings (SSSR count). The average molecular weight is 647 g/mol. The van der Waals surface area contributed by atoms with E-state index in [-0.39, 0.29) is 65.8 Å². The molecule has 4 saturated heterocycles. The summed E-state index contributed by atoms with van der Waals surface area (Å²) in [6.45, 7) is 7.34. The Morgan fingerprint density at radius 3 is 2.78 bits per heavy atom. The van der Waals surface area contributed by atoms with E-state index in [9.17, 15) is 29.4 Å². The minimum Gasteiger partial charge on any atom is -0.477 e. The number of aromatic nitrogens is 4. The minimum absolute atomic E-state index is 0.00893. The van der Waals surface area contributed by atoms with Crippen LogP contribution in [0.15, 0.2) is 16.9 Å². The highest BCUT2D eigenvalue weighted by Gasteiger charge is 2.60. The molecule has 0 spiro atoms. The van der Waals surface area contributed by atoms with E-state index < -0.39 is 24.0 Å². The number of thioether (sulfide) groups is 1. The van der Waals surface area contributed by atoms with Crippen molar-refractivity contribution < 1.29 is 29.4 Å². The third kappa shape index (κ3) is 6.07. The van der Waals surface area contributed by atoms with Crippen LogP contribution in [-0.2, 0) is 25.7 Å². The van der Waals surface area contributed by atoms with Gasteiger partial charge in [0.25, 0.3) is 0 Å². The minimum atomic E-state index is -1.15. The lowest BCUT2D eigenvalue weighted by atomic mass is 9.78. The number of β-lactam (4-membered cyclic amide) rings is 1. The first kappa shape index (κ1) is 31.8. The molecule has 45 heavy (non-hydrogen) atoms. The van der Waals surface area contributed by atoms with Crippen molar-refractivity contribution in [3.8, 4) is 0 Å². The molecular formula is C28H42N10O6S. The van der Waals surface area contributed by atoms with Gasteiger partial charge in [-0.05, 0) is 42.5 Å². The molecule has 6 N–H and O–H groups in total. The number of hydrogen-bond donors (Lipinski definition) is 5. The maximum atomic E-state index is 13.7. The van der Waals surface area contributed by atoms with Crippen molar-refractivity contribution in [3.63, 3.8) is 0 Å². The van der Waals surface area contributed by atoms with Crippen molar-refractivity contribution in [1.82, 2.24) is 45.5 Å². The number of aliphatic hydroxyl groups is 1. The molecule has 9 atom stereocenters. The summed E-state index contributed by atoms with van der Waals surface area (Å²) in [5, 5.41) is 37.0. The Kier molecular flexibility index (Phi) is 9.16. The number of fused-ring (bicyclic) bond motifs is 2. The molecule has 0 aliphatic carbocycles. The van der Waals surface area contributed by atoms with Crippen LogP contribution in [-0.4, -0.2) is 144 Å². The predicted octanol–water partition coefficient (Wildman–Crippen LogP) is -2.34. The van der Waals surface area contributed by atoms with Gasteiger partial charge in [-0.25, -0.2) is 9.48 Å². The molecule has 1 aromatic rings. The number of piperidine rings is 1. The molecule has 4 fully saturated rings. The van der Waals surface area contributed by atoms with Gasteiger partial charge in [0.15, 0.2) is 0 Å². The van der Waals surface area contributed by atoms with Gasteiger partial charge in [0, 0.05) is 67.4 Å². The van der Waals surface area contributed by atoms with E-state index in [1.54, 1.807) is 6.92 Å². The second-order valence-electron chi connectivity index (χ2n) is 12.9. The summed E-state index contributed by atoms with van der Waals surface area (Å²) in [7, 11) is 0. The van der Waals surface area contributed by atoms with E-state index in [0.29, 0.717) is 36.9 Å². The number of aliphatic hydroxyl groups excluding tert-OH is 1. The topological polar surface area (TPSA) is 212 Å². The number of carboxylic acids is 1. The van der Waals surface area contributed by atoms with Gasteiger partial charge in [-0.1, -0.05) is 6.92 Å². The Labute approximate surface area is 265 Å². The van der Waals surface area contributed by atoms with Crippen molar-refractivity contribution in [2.45, 2.75) is 75.2 Å². The molecule has 2 unspecified atom stereocenters. The molecule has 17 heteroatoms. The van der Waals surface area contributed by atoms with Crippen LogP contribution in [0.4, 0.5) is 0 Å². The Hall–Kier alpha value is -3.12. The van der Waals surface area contributed by atoms with E-state index in [2.05, 4.69) is 31.1 Å². The largest absolute Gasteiger partial charge is 0.477 e. The van der Waals surface area contributed by atoms with Crippen LogP contribution in [0.1, 0.15) is 33.1 Å². The predicted molar refractivity (Wildman–Crippen MR) is 161 cm³/mol. The van der Waals surface area contributed by atoms with Crippen molar-refractivity contribution in [2.75, 3.05) is 39.3 Å². The maximum absolute atomic E-state index is 13.7. The SMILES string of the molecule is C[C@@H](NC(=O)Cn1cnnn1)[C@H]1C(=O)N2C(C(=O)O)=C(S[C@@H]3CN[C@H](C(=O)N4CCC5CN(C[C@@H](O)CN)CCC54)C3)[C@H](C)[C@H]12. The second-order valence-corrected chi connectivity index (χ2v) is 14.3. The number of carboxylic acid groups (broad SMARTS) is 1. The quantitative estimate of drug-likeness (QED) is 0.160. The lowest BCUT2D eigenvalue weighted by molar-refractivity contribution is -0.158. The summed E-state index contributed by atoms with van der Waals surface area (Å²) in [4.78, 5) is 58.2. The summed E-state index contributed by atoms with van der Waals surface area (Å²) >= 11 is 1.45. The number of nitrogens with zero attached hydrogens (tertiary/aromatic N) is 7. The number of hydrogen-bond acceptors (Lipinski definition) is 12. The highest BCUT2D eigenvalue weighted by molar-refractivity contribution is 8.03. The fourth-order valence-electron chi connectivity index (χ4n) is 7.92. The number of aliphatic carboxylic acids is 1. The molecule has 1 aromatic heterocycles. The van der Waals surface area contributed by atoms with Crippen LogP contribution in [0.3, 0.4) is 0 Å². The van der Waals surface area contributed by atoms with E-state index >= 15 is 0 Å². The third-order valence-electron chi connectivity index (χ3n) is 10.0. The first-order chi connectivity index (χ1) is 21.6. The maximum Gasteiger partial charge on any atom is 0.353 e. The van der Waals surface area contributed by atoms with Crippen molar-refractivity contribution in [3.05, 3.63) is 16.9 Å². The molecule has 3 amide bonds. The first-order valence-corrected chi connectivity index (χ1v) is 16.6. The molecule has 16 nitrogen and oxygen atoms in total. The van der Waals surface area contributed by atoms with Gasteiger partial charge in [0.05, 0.1) is 24.1 Å². The van der Waals surface area contributed by atoms with E-state index in [1.807, 2.05) is 11.8 Å². The number of carbonyl (C=O) groups excluding carboxylic acids is 3. The number of tetrazole rings is 1. The molecule has 5 aliphatic heterocycles. The number of carbonyl (C=O) groups is 4. The second kappa shape index (κ2) is 12.9. The summed E-state index contributed by atoms with van der Waals surface area (Å²) < 4.78 is 1.28. The standard InChI is InChI=1S/C28H42N10O6S/c1-14-23-22(15(2)32-21(40)12-36-13-31-33-34-36)27(42)38(23)24(28(43)44)25(14)45-18-7-19(30-9-18)26(41)37-6-3-16-10-35(5-4-20(16)37)11-17(39)8-29/h13-20,22-23,30,39H,3-12,29H2,1-2H3,(H,32,40)(H,43,44)/t14-,15-,16?,17+,18+,19+,20?,22-,23-/m1/s1. The van der Waals surface area contributed by atoms with Crippen LogP contribution in [0.25, 0.3) is 0 Å². The number of amides is 3. The number of rotatable bonds is 11. The molecule has 0 bridgehead atoms. The van der Waals surface area contributed by atoms with E-state index in [4.69, 9.17) is 5.73 Å². The van der Waals surface area contributed by atoms with Crippen LogP contribution in [0.5, 0.6) is 0 Å². The van der Waals surface area contributed by atoms with Crippen molar-refractivity contribution in [2.24, 2.45) is 23.5 Å². The molecule has 0 aromatic carbocycles. The number of likely N-dealkylation sites (tertiary alicyclic amines) is 2. The van der Waals surface area contributed by atoms with Gasteiger partial charge < -0.3 is 41.3 Å². The van der Waals surface area contributed by atoms with Crippen molar-refractivity contribution in [1.29, 1.82) is 0 Å². The van der Waals surface area contributed by atoms with Gasteiger partial charge in [-0.2, -0.15) is 0 Å². The monoisotopic (exact) mass is 646 g/mol. The third-order valence-corrected chi connectivity index (χ3v) is 11.6. The van der Waals surface area contributed by atoms with Crippen LogP contribution in [0.2, 0.25) is 0 Å².